The van der Waals surface area contributed by atoms with Gasteiger partial charge in [0.2, 0.25) is 0 Å². The van der Waals surface area contributed by atoms with Crippen molar-refractivity contribution in [3.63, 3.8) is 0 Å². The lowest BCUT2D eigenvalue weighted by Crippen LogP contribution is -2.51. The summed E-state index contributed by atoms with van der Waals surface area (Å²) in [7, 11) is -0.650. The number of carboxylic acid groups (broad SMARTS) is 1. The lowest BCUT2D eigenvalue weighted by atomic mass is 9.85. The largest absolute Gasteiger partial charge is 0.480 e. The van der Waals surface area contributed by atoms with Crippen LogP contribution in [0.25, 0.3) is 0 Å². The minimum Gasteiger partial charge on any atom is -0.480 e. The molecule has 18 heavy (non-hydrogen) atoms. The van der Waals surface area contributed by atoms with Crippen LogP contribution in [-0.2, 0) is 15.6 Å². The summed E-state index contributed by atoms with van der Waals surface area (Å²) < 4.78 is 11.2. The van der Waals surface area contributed by atoms with Crippen LogP contribution in [-0.4, -0.2) is 56.9 Å². The minimum atomic E-state index is -1.02. The Morgan fingerprint density at radius 2 is 2.11 bits per heavy atom. The summed E-state index contributed by atoms with van der Waals surface area (Å²) in [5.74, 6) is 0.724. The summed E-state index contributed by atoms with van der Waals surface area (Å²) in [4.78, 5) is 13.5. The predicted molar refractivity (Wildman–Crippen MR) is 70.8 cm³/mol. The number of rotatable bonds is 4. The van der Waals surface area contributed by atoms with Gasteiger partial charge in [-0.25, -0.2) is 0 Å². The van der Waals surface area contributed by atoms with Crippen LogP contribution in [0.15, 0.2) is 0 Å². The van der Waals surface area contributed by atoms with Gasteiger partial charge in [-0.3, -0.25) is 9.00 Å². The van der Waals surface area contributed by atoms with Crippen LogP contribution in [0.5, 0.6) is 0 Å². The average Bonchev–Trinajstić information content (AvgIpc) is 2.72. The third-order valence-electron chi connectivity index (χ3n) is 4.33. The highest BCUT2D eigenvalue weighted by molar-refractivity contribution is 7.85. The second-order valence-corrected chi connectivity index (χ2v) is 7.11. The summed E-state index contributed by atoms with van der Waals surface area (Å²) >= 11 is 0. The molecule has 0 bridgehead atoms. The lowest BCUT2D eigenvalue weighted by molar-refractivity contribution is -0.144. The maximum absolute atomic E-state index is 11.2. The monoisotopic (exact) mass is 274 g/mol. The van der Waals surface area contributed by atoms with Gasteiger partial charge >= 0.3 is 5.97 Å². The molecular formula is C12H22N2O3S. The van der Waals surface area contributed by atoms with E-state index in [-0.39, 0.29) is 5.92 Å². The van der Waals surface area contributed by atoms with E-state index >= 15 is 0 Å². The fourth-order valence-corrected chi connectivity index (χ4v) is 4.15. The molecule has 1 aliphatic heterocycles. The third kappa shape index (κ3) is 2.92. The Labute approximate surface area is 110 Å². The Kier molecular flexibility index (Phi) is 4.40. The third-order valence-corrected chi connectivity index (χ3v) is 5.61. The smallest absolute Gasteiger partial charge is 0.323 e. The van der Waals surface area contributed by atoms with Gasteiger partial charge in [-0.1, -0.05) is 6.42 Å². The zero-order valence-electron chi connectivity index (χ0n) is 10.6. The summed E-state index contributed by atoms with van der Waals surface area (Å²) in [5, 5.41) is 9.24. The first-order valence-corrected chi connectivity index (χ1v) is 8.11. The van der Waals surface area contributed by atoms with E-state index in [0.717, 1.165) is 50.4 Å². The second kappa shape index (κ2) is 5.67. The van der Waals surface area contributed by atoms with Crippen molar-refractivity contribution in [2.45, 2.75) is 31.2 Å². The molecule has 0 aromatic rings. The minimum absolute atomic E-state index is 0.0856. The maximum Gasteiger partial charge on any atom is 0.323 e. The van der Waals surface area contributed by atoms with Crippen LogP contribution in [0, 0.1) is 5.92 Å². The van der Waals surface area contributed by atoms with Crippen molar-refractivity contribution in [2.24, 2.45) is 11.7 Å². The van der Waals surface area contributed by atoms with Crippen molar-refractivity contribution in [1.82, 2.24) is 4.90 Å². The zero-order chi connectivity index (χ0) is 13.2. The summed E-state index contributed by atoms with van der Waals surface area (Å²) in [6.45, 7) is 2.61. The van der Waals surface area contributed by atoms with Crippen LogP contribution < -0.4 is 5.73 Å². The Hall–Kier alpha value is -0.460. The fourth-order valence-electron chi connectivity index (χ4n) is 3.02. The molecule has 2 unspecified atom stereocenters. The molecule has 3 N–H and O–H groups in total. The standard InChI is InChI=1S/C12H22N2O3S/c13-12(11(15)16)4-1-2-10(12)3-5-14-6-8-18(17)9-7-14/h10H,1-9,13H2,(H,15,16). The Morgan fingerprint density at radius 1 is 1.44 bits per heavy atom. The predicted octanol–water partition coefficient (Wildman–Crippen LogP) is 0.0230. The molecule has 1 saturated carbocycles. The first-order chi connectivity index (χ1) is 8.52. The fraction of sp³-hybridized carbons (Fsp3) is 0.917. The second-order valence-electron chi connectivity index (χ2n) is 5.41. The molecule has 0 aromatic carbocycles. The molecule has 6 heteroatoms. The van der Waals surface area contributed by atoms with Gasteiger partial charge in [0.1, 0.15) is 5.54 Å². The molecule has 0 aromatic heterocycles. The number of aliphatic carboxylic acids is 1. The van der Waals surface area contributed by atoms with Gasteiger partial charge in [0.15, 0.2) is 0 Å². The highest BCUT2D eigenvalue weighted by Crippen LogP contribution is 2.36. The first kappa shape index (κ1) is 14.0. The molecule has 2 rings (SSSR count). The van der Waals surface area contributed by atoms with Gasteiger partial charge in [-0.05, 0) is 31.7 Å². The van der Waals surface area contributed by atoms with Crippen molar-refractivity contribution < 1.29 is 14.1 Å². The van der Waals surface area contributed by atoms with Crippen LogP contribution in [0.2, 0.25) is 0 Å². The van der Waals surface area contributed by atoms with E-state index in [2.05, 4.69) is 4.90 Å². The van der Waals surface area contributed by atoms with Crippen LogP contribution >= 0.6 is 0 Å². The highest BCUT2D eigenvalue weighted by Gasteiger charge is 2.45. The summed E-state index contributed by atoms with van der Waals surface area (Å²) in [6.07, 6.45) is 3.27. The summed E-state index contributed by atoms with van der Waals surface area (Å²) in [5.41, 5.74) is 5.00. The molecule has 104 valence electrons. The quantitative estimate of drug-likeness (QED) is 0.755. The molecule has 2 aliphatic rings. The molecule has 1 saturated heterocycles. The van der Waals surface area contributed by atoms with E-state index < -0.39 is 22.3 Å². The molecule has 0 spiro atoms. The van der Waals surface area contributed by atoms with Crippen molar-refractivity contribution in [3.8, 4) is 0 Å². The Bertz CT molecular complexity index is 340. The highest BCUT2D eigenvalue weighted by atomic mass is 32.2. The van der Waals surface area contributed by atoms with Gasteiger partial charge in [-0.2, -0.15) is 0 Å². The zero-order valence-corrected chi connectivity index (χ0v) is 11.5. The molecule has 5 nitrogen and oxygen atoms in total. The van der Waals surface area contributed by atoms with E-state index in [1.54, 1.807) is 0 Å². The van der Waals surface area contributed by atoms with E-state index in [0.29, 0.717) is 6.42 Å². The topological polar surface area (TPSA) is 83.6 Å². The molecule has 1 aliphatic carbocycles. The van der Waals surface area contributed by atoms with Crippen molar-refractivity contribution in [3.05, 3.63) is 0 Å². The number of carboxylic acids is 1. The summed E-state index contributed by atoms with van der Waals surface area (Å²) in [6, 6.07) is 0. The molecule has 0 radical (unpaired) electrons. The number of carbonyl (C=O) groups is 1. The van der Waals surface area contributed by atoms with Gasteiger partial charge in [-0.15, -0.1) is 0 Å². The molecular weight excluding hydrogens is 252 g/mol. The van der Waals surface area contributed by atoms with E-state index in [9.17, 15) is 14.1 Å². The average molecular weight is 274 g/mol. The van der Waals surface area contributed by atoms with Crippen LogP contribution in [0.3, 0.4) is 0 Å². The van der Waals surface area contributed by atoms with Gasteiger partial charge in [0, 0.05) is 35.4 Å². The van der Waals surface area contributed by atoms with Gasteiger partial charge < -0.3 is 15.7 Å². The van der Waals surface area contributed by atoms with Gasteiger partial charge in [0.25, 0.3) is 0 Å². The lowest BCUT2D eigenvalue weighted by Gasteiger charge is -2.31. The number of hydrogen-bond donors (Lipinski definition) is 2. The maximum atomic E-state index is 11.2. The van der Waals surface area contributed by atoms with Crippen LogP contribution in [0.1, 0.15) is 25.7 Å². The van der Waals surface area contributed by atoms with Crippen LogP contribution in [0.4, 0.5) is 0 Å². The Morgan fingerprint density at radius 3 is 2.72 bits per heavy atom. The van der Waals surface area contributed by atoms with Crippen molar-refractivity contribution in [1.29, 1.82) is 0 Å². The van der Waals surface area contributed by atoms with Crippen molar-refractivity contribution in [2.75, 3.05) is 31.1 Å². The first-order valence-electron chi connectivity index (χ1n) is 6.62. The normalized spacial score (nSPS) is 34.8. The van der Waals surface area contributed by atoms with E-state index in [4.69, 9.17) is 5.73 Å². The Balaban J connectivity index is 1.83. The molecule has 0 amide bonds. The van der Waals surface area contributed by atoms with Gasteiger partial charge in [0.05, 0.1) is 0 Å². The molecule has 2 fully saturated rings. The molecule has 2 atom stereocenters. The SMILES string of the molecule is NC1(C(=O)O)CCCC1CCN1CCS(=O)CC1. The van der Waals surface area contributed by atoms with E-state index in [1.807, 2.05) is 0 Å². The number of nitrogens with zero attached hydrogens (tertiary/aromatic N) is 1. The number of nitrogens with two attached hydrogens (primary N) is 1. The number of hydrogen-bond acceptors (Lipinski definition) is 4. The molecule has 1 heterocycles. The van der Waals surface area contributed by atoms with Crippen molar-refractivity contribution >= 4 is 16.8 Å². The van der Waals surface area contributed by atoms with E-state index in [1.165, 1.54) is 0 Å².